The minimum Gasteiger partial charge on any atom is -0.507 e. The molecule has 1 aliphatic rings. The van der Waals surface area contributed by atoms with Gasteiger partial charge in [0.2, 0.25) is 0 Å². The molecular formula is C29H40F3N5O3. The molecule has 0 bridgehead atoms. The lowest BCUT2D eigenvalue weighted by molar-refractivity contribution is -0.274. The van der Waals surface area contributed by atoms with Gasteiger partial charge in [0.1, 0.15) is 17.3 Å². The SMILES string of the molecule is CC(C)/C=C(\N=N/Cc1c(O)cc(-c2ccn(C)c(=O)c2)cc1OC(F)(F)F)N(C)C1CC(C)(C)NC(C)(C)C1. The number of aromatic hydroxyl groups is 1. The van der Waals surface area contributed by atoms with Crippen LogP contribution in [0.3, 0.4) is 0 Å². The van der Waals surface area contributed by atoms with Crippen LogP contribution in [0.25, 0.3) is 11.1 Å². The van der Waals surface area contributed by atoms with E-state index in [9.17, 15) is 23.1 Å². The molecule has 1 aromatic carbocycles. The smallest absolute Gasteiger partial charge is 0.507 e. The zero-order valence-corrected chi connectivity index (χ0v) is 24.4. The summed E-state index contributed by atoms with van der Waals surface area (Å²) in [4.78, 5) is 14.1. The third kappa shape index (κ3) is 8.33. The van der Waals surface area contributed by atoms with Crippen LogP contribution in [0.15, 0.2) is 57.4 Å². The van der Waals surface area contributed by atoms with Crippen molar-refractivity contribution in [1.82, 2.24) is 14.8 Å². The molecule has 11 heteroatoms. The number of hydrogen-bond donors (Lipinski definition) is 2. The summed E-state index contributed by atoms with van der Waals surface area (Å²) in [5.74, 6) is -0.301. The maximum Gasteiger partial charge on any atom is 0.573 e. The van der Waals surface area contributed by atoms with Crippen LogP contribution in [0.4, 0.5) is 13.2 Å². The average Bonchev–Trinajstić information content (AvgIpc) is 2.77. The molecule has 1 saturated heterocycles. The number of nitrogens with zero attached hydrogens (tertiary/aromatic N) is 4. The second-order valence-corrected chi connectivity index (χ2v) is 12.1. The van der Waals surface area contributed by atoms with Crippen LogP contribution in [0.5, 0.6) is 11.5 Å². The predicted molar refractivity (Wildman–Crippen MR) is 149 cm³/mol. The number of azo groups is 1. The fourth-order valence-electron chi connectivity index (χ4n) is 5.33. The van der Waals surface area contributed by atoms with Gasteiger partial charge in [-0.3, -0.25) is 4.79 Å². The number of aromatic nitrogens is 1. The number of phenolic OH excluding ortho intramolecular Hbond substituents is 1. The lowest BCUT2D eigenvalue weighted by Gasteiger charge is -2.49. The molecule has 0 radical (unpaired) electrons. The van der Waals surface area contributed by atoms with Crippen molar-refractivity contribution >= 4 is 0 Å². The van der Waals surface area contributed by atoms with Crippen LogP contribution in [-0.2, 0) is 13.6 Å². The molecule has 3 rings (SSSR count). The molecule has 2 aromatic rings. The van der Waals surface area contributed by atoms with Gasteiger partial charge in [0, 0.05) is 43.5 Å². The van der Waals surface area contributed by atoms with E-state index in [0.717, 1.165) is 18.9 Å². The summed E-state index contributed by atoms with van der Waals surface area (Å²) < 4.78 is 45.5. The van der Waals surface area contributed by atoms with Gasteiger partial charge in [-0.1, -0.05) is 13.8 Å². The van der Waals surface area contributed by atoms with Gasteiger partial charge in [-0.05, 0) is 81.9 Å². The Labute approximate surface area is 233 Å². The molecule has 2 heterocycles. The summed E-state index contributed by atoms with van der Waals surface area (Å²) in [5, 5.41) is 23.0. The van der Waals surface area contributed by atoms with Gasteiger partial charge in [0.25, 0.3) is 5.56 Å². The maximum atomic E-state index is 13.3. The Morgan fingerprint density at radius 2 is 1.82 bits per heavy atom. The zero-order chi connectivity index (χ0) is 30.0. The third-order valence-corrected chi connectivity index (χ3v) is 6.81. The Hall–Kier alpha value is -3.34. The first-order valence-corrected chi connectivity index (χ1v) is 13.3. The summed E-state index contributed by atoms with van der Waals surface area (Å²) in [6.45, 7) is 12.3. The van der Waals surface area contributed by atoms with Crippen molar-refractivity contribution in [3.63, 3.8) is 0 Å². The number of nitrogens with one attached hydrogen (secondary N) is 1. The normalized spacial score (nSPS) is 17.9. The lowest BCUT2D eigenvalue weighted by atomic mass is 9.79. The van der Waals surface area contributed by atoms with Crippen molar-refractivity contribution in [2.75, 3.05) is 7.05 Å². The van der Waals surface area contributed by atoms with Crippen LogP contribution in [-0.4, -0.2) is 45.1 Å². The standard InChI is InChI=1S/C29H40F3N5O3/c1-18(2)11-25(37(8)21-15-27(3,4)35-28(5,6)16-21)34-33-17-22-23(38)12-20(13-24(22)40-29(30,31)32)19-9-10-36(7)26(39)14-19/h9-14,18,21,35,38H,15-17H2,1-8H3/b25-11+,34-33-. The van der Waals surface area contributed by atoms with E-state index in [2.05, 4.69) is 52.9 Å². The largest absolute Gasteiger partial charge is 0.573 e. The summed E-state index contributed by atoms with van der Waals surface area (Å²) in [7, 11) is 3.51. The summed E-state index contributed by atoms with van der Waals surface area (Å²) in [5.41, 5.74) is -0.157. The lowest BCUT2D eigenvalue weighted by Crippen LogP contribution is -2.61. The molecular weight excluding hydrogens is 523 g/mol. The van der Waals surface area contributed by atoms with Crippen LogP contribution in [0.1, 0.15) is 59.9 Å². The summed E-state index contributed by atoms with van der Waals surface area (Å²) >= 11 is 0. The maximum absolute atomic E-state index is 13.3. The number of allylic oxidation sites excluding steroid dienone is 1. The minimum atomic E-state index is -5.00. The van der Waals surface area contributed by atoms with Crippen molar-refractivity contribution in [3.8, 4) is 22.6 Å². The highest BCUT2D eigenvalue weighted by Gasteiger charge is 2.39. The predicted octanol–water partition coefficient (Wildman–Crippen LogP) is 6.35. The molecule has 1 aliphatic heterocycles. The Kier molecular flexibility index (Phi) is 9.08. The summed E-state index contributed by atoms with van der Waals surface area (Å²) in [6.07, 6.45) is 0.183. The summed E-state index contributed by atoms with van der Waals surface area (Å²) in [6, 6.07) is 5.43. The second-order valence-electron chi connectivity index (χ2n) is 12.1. The first kappa shape index (κ1) is 31.2. The molecule has 1 aromatic heterocycles. The second kappa shape index (κ2) is 11.6. The van der Waals surface area contributed by atoms with Gasteiger partial charge < -0.3 is 24.6 Å². The topological polar surface area (TPSA) is 91.5 Å². The molecule has 40 heavy (non-hydrogen) atoms. The van der Waals surface area contributed by atoms with E-state index < -0.39 is 17.9 Å². The molecule has 0 unspecified atom stereocenters. The van der Waals surface area contributed by atoms with Gasteiger partial charge in [-0.15, -0.1) is 18.3 Å². The van der Waals surface area contributed by atoms with E-state index in [-0.39, 0.29) is 46.3 Å². The van der Waals surface area contributed by atoms with E-state index in [1.165, 1.54) is 22.9 Å². The minimum absolute atomic E-state index is 0.0961. The quantitative estimate of drug-likeness (QED) is 0.366. The van der Waals surface area contributed by atoms with Crippen LogP contribution >= 0.6 is 0 Å². The number of benzene rings is 1. The van der Waals surface area contributed by atoms with Gasteiger partial charge in [0.05, 0.1) is 12.1 Å². The van der Waals surface area contributed by atoms with Crippen molar-refractivity contribution in [3.05, 3.63) is 58.3 Å². The van der Waals surface area contributed by atoms with Crippen molar-refractivity contribution in [2.45, 2.75) is 84.4 Å². The molecule has 0 saturated carbocycles. The van der Waals surface area contributed by atoms with Gasteiger partial charge in [0.15, 0.2) is 0 Å². The first-order valence-electron chi connectivity index (χ1n) is 13.3. The number of ether oxygens (including phenoxy) is 1. The number of alkyl halides is 3. The number of rotatable bonds is 8. The highest BCUT2D eigenvalue weighted by molar-refractivity contribution is 5.68. The van der Waals surface area contributed by atoms with Crippen LogP contribution < -0.4 is 15.6 Å². The van der Waals surface area contributed by atoms with Crippen molar-refractivity contribution in [1.29, 1.82) is 0 Å². The highest BCUT2D eigenvalue weighted by Crippen LogP contribution is 2.38. The van der Waals surface area contributed by atoms with E-state index in [1.807, 2.05) is 27.0 Å². The highest BCUT2D eigenvalue weighted by atomic mass is 19.4. The van der Waals surface area contributed by atoms with E-state index >= 15 is 0 Å². The van der Waals surface area contributed by atoms with E-state index in [1.54, 1.807) is 13.1 Å². The Bertz CT molecular complexity index is 1310. The molecule has 220 valence electrons. The molecule has 1 fully saturated rings. The van der Waals surface area contributed by atoms with Gasteiger partial charge >= 0.3 is 6.36 Å². The van der Waals surface area contributed by atoms with Gasteiger partial charge in [-0.2, -0.15) is 5.11 Å². The molecule has 0 aliphatic carbocycles. The van der Waals surface area contributed by atoms with E-state index in [4.69, 9.17) is 0 Å². The third-order valence-electron chi connectivity index (χ3n) is 6.81. The Balaban J connectivity index is 1.94. The Morgan fingerprint density at radius 3 is 2.38 bits per heavy atom. The number of aryl methyl sites for hydroxylation is 1. The molecule has 8 nitrogen and oxygen atoms in total. The van der Waals surface area contributed by atoms with Crippen LogP contribution in [0, 0.1) is 5.92 Å². The first-order chi connectivity index (χ1) is 18.4. The average molecular weight is 564 g/mol. The molecule has 0 spiro atoms. The zero-order valence-electron chi connectivity index (χ0n) is 24.4. The molecule has 2 N–H and O–H groups in total. The Morgan fingerprint density at radius 1 is 1.20 bits per heavy atom. The number of pyridine rings is 1. The monoisotopic (exact) mass is 563 g/mol. The number of hydrogen-bond acceptors (Lipinski definition) is 7. The number of halogens is 3. The molecule has 0 atom stereocenters. The fraction of sp³-hybridized carbons (Fsp3) is 0.552. The fourth-order valence-corrected chi connectivity index (χ4v) is 5.33. The van der Waals surface area contributed by atoms with Gasteiger partial charge in [-0.25, -0.2) is 0 Å². The van der Waals surface area contributed by atoms with Crippen LogP contribution in [0.2, 0.25) is 0 Å². The van der Waals surface area contributed by atoms with Crippen molar-refractivity contribution < 1.29 is 23.0 Å². The molecule has 0 amide bonds. The van der Waals surface area contributed by atoms with Crippen molar-refractivity contribution in [2.24, 2.45) is 23.2 Å². The van der Waals surface area contributed by atoms with E-state index in [0.29, 0.717) is 11.4 Å². The number of piperidine rings is 1. The number of phenols is 1.